The molecule has 0 aliphatic rings. The molecule has 0 saturated carbocycles. The zero-order chi connectivity index (χ0) is 24.5. The molecule has 0 fully saturated rings. The summed E-state index contributed by atoms with van der Waals surface area (Å²) in [6, 6.07) is 21.1. The predicted molar refractivity (Wildman–Crippen MR) is 139 cm³/mol. The minimum atomic E-state index is -0.782. The van der Waals surface area contributed by atoms with Crippen LogP contribution in [-0.2, 0) is 22.6 Å². The van der Waals surface area contributed by atoms with Crippen LogP contribution in [0.15, 0.2) is 77.3 Å². The van der Waals surface area contributed by atoms with Crippen LogP contribution < -0.4 is 10.1 Å². The van der Waals surface area contributed by atoms with E-state index in [0.717, 1.165) is 10.0 Å². The second kappa shape index (κ2) is 12.8. The molecule has 0 radical (unpaired) electrons. The van der Waals surface area contributed by atoms with Crippen molar-refractivity contribution in [3.63, 3.8) is 0 Å². The summed E-state index contributed by atoms with van der Waals surface area (Å²) in [5.74, 6) is -0.0671. The topological polar surface area (TPSA) is 58.6 Å². The third-order valence-electron chi connectivity index (χ3n) is 5.19. The lowest BCUT2D eigenvalue weighted by Gasteiger charge is -2.32. The molecule has 3 rings (SSSR count). The first-order valence-electron chi connectivity index (χ1n) is 10.8. The van der Waals surface area contributed by atoms with Crippen LogP contribution in [0.4, 0.5) is 0 Å². The zero-order valence-electron chi connectivity index (χ0n) is 18.6. The van der Waals surface area contributed by atoms with E-state index < -0.39 is 6.04 Å². The SMILES string of the molecule is CCNC(=O)[C@H](Cc1ccccc1)N(Cc1c(Cl)cccc1Cl)C(=O)COc1ccc(Br)cc1. The molecule has 0 spiro atoms. The molecule has 0 saturated heterocycles. The summed E-state index contributed by atoms with van der Waals surface area (Å²) in [6.45, 7) is 2.10. The molecular weight excluding hydrogens is 539 g/mol. The van der Waals surface area contributed by atoms with Crippen LogP contribution in [0.5, 0.6) is 5.75 Å². The molecule has 0 aliphatic heterocycles. The molecule has 0 aromatic heterocycles. The number of benzene rings is 3. The lowest BCUT2D eigenvalue weighted by molar-refractivity contribution is -0.142. The van der Waals surface area contributed by atoms with E-state index in [0.29, 0.717) is 34.3 Å². The van der Waals surface area contributed by atoms with E-state index in [1.807, 2.05) is 49.4 Å². The fourth-order valence-corrected chi connectivity index (χ4v) is 4.24. The highest BCUT2D eigenvalue weighted by Gasteiger charge is 2.31. The molecular formula is C26H25BrCl2N2O3. The minimum absolute atomic E-state index is 0.0652. The first-order chi connectivity index (χ1) is 16.4. The van der Waals surface area contributed by atoms with Crippen LogP contribution in [0.2, 0.25) is 10.0 Å². The van der Waals surface area contributed by atoms with Crippen LogP contribution >= 0.6 is 39.1 Å². The van der Waals surface area contributed by atoms with Crippen LogP contribution in [0.25, 0.3) is 0 Å². The number of nitrogens with one attached hydrogen (secondary N) is 1. The van der Waals surface area contributed by atoms with E-state index in [1.165, 1.54) is 4.90 Å². The van der Waals surface area contributed by atoms with E-state index in [2.05, 4.69) is 21.2 Å². The van der Waals surface area contributed by atoms with E-state index in [4.69, 9.17) is 27.9 Å². The van der Waals surface area contributed by atoms with Gasteiger partial charge >= 0.3 is 0 Å². The second-order valence-corrected chi connectivity index (χ2v) is 9.29. The summed E-state index contributed by atoms with van der Waals surface area (Å²) < 4.78 is 6.64. The van der Waals surface area contributed by atoms with Crippen LogP contribution in [-0.4, -0.2) is 35.9 Å². The van der Waals surface area contributed by atoms with Gasteiger partial charge in [-0.25, -0.2) is 0 Å². The Balaban J connectivity index is 1.93. The van der Waals surface area contributed by atoms with Gasteiger partial charge in [-0.05, 0) is 48.9 Å². The Morgan fingerprint density at radius 1 is 0.971 bits per heavy atom. The first kappa shape index (κ1) is 26.1. The Morgan fingerprint density at radius 2 is 1.62 bits per heavy atom. The van der Waals surface area contributed by atoms with Gasteiger partial charge in [0.2, 0.25) is 5.91 Å². The number of hydrogen-bond donors (Lipinski definition) is 1. The zero-order valence-corrected chi connectivity index (χ0v) is 21.7. The Bertz CT molecular complexity index is 1090. The average Bonchev–Trinajstić information content (AvgIpc) is 2.83. The number of ether oxygens (including phenoxy) is 1. The summed E-state index contributed by atoms with van der Waals surface area (Å²) >= 11 is 16.2. The molecule has 0 bridgehead atoms. The van der Waals surface area contributed by atoms with Gasteiger partial charge in [-0.15, -0.1) is 0 Å². The molecule has 0 unspecified atom stereocenters. The summed E-state index contributed by atoms with van der Waals surface area (Å²) in [7, 11) is 0. The number of amides is 2. The lowest BCUT2D eigenvalue weighted by Crippen LogP contribution is -2.51. The molecule has 34 heavy (non-hydrogen) atoms. The molecule has 1 atom stereocenters. The van der Waals surface area contributed by atoms with Gasteiger partial charge in [-0.1, -0.05) is 75.5 Å². The Labute approximate surface area is 218 Å². The molecule has 3 aromatic carbocycles. The molecule has 8 heteroatoms. The van der Waals surface area contributed by atoms with E-state index in [9.17, 15) is 9.59 Å². The summed E-state index contributed by atoms with van der Waals surface area (Å²) in [4.78, 5) is 28.1. The predicted octanol–water partition coefficient (Wildman–Crippen LogP) is 5.91. The molecule has 5 nitrogen and oxygen atoms in total. The minimum Gasteiger partial charge on any atom is -0.484 e. The van der Waals surface area contributed by atoms with Crippen molar-refractivity contribution in [2.75, 3.05) is 13.2 Å². The van der Waals surface area contributed by atoms with Gasteiger partial charge < -0.3 is 15.0 Å². The lowest BCUT2D eigenvalue weighted by atomic mass is 10.0. The second-order valence-electron chi connectivity index (χ2n) is 7.56. The maximum Gasteiger partial charge on any atom is 0.261 e. The number of carbonyl (C=O) groups excluding carboxylic acids is 2. The van der Waals surface area contributed by atoms with Crippen LogP contribution in [0.1, 0.15) is 18.1 Å². The number of nitrogens with zero attached hydrogens (tertiary/aromatic N) is 1. The summed E-state index contributed by atoms with van der Waals surface area (Å²) in [6.07, 6.45) is 0.332. The third-order valence-corrected chi connectivity index (χ3v) is 6.43. The fourth-order valence-electron chi connectivity index (χ4n) is 3.46. The quantitative estimate of drug-likeness (QED) is 0.333. The molecule has 0 heterocycles. The third kappa shape index (κ3) is 7.23. The standard InChI is InChI=1S/C26H25BrCl2N2O3/c1-2-30-26(33)24(15-18-7-4-3-5-8-18)31(16-21-22(28)9-6-10-23(21)29)25(32)17-34-20-13-11-19(27)12-14-20/h3-14,24H,2,15-17H2,1H3,(H,30,33)/t24-/m0/s1. The van der Waals surface area contributed by atoms with Gasteiger partial charge in [0.15, 0.2) is 6.61 Å². The Morgan fingerprint density at radius 3 is 2.24 bits per heavy atom. The van der Waals surface area contributed by atoms with Crippen molar-refractivity contribution in [1.82, 2.24) is 10.2 Å². The summed E-state index contributed by atoms with van der Waals surface area (Å²) in [5.41, 5.74) is 1.50. The number of likely N-dealkylation sites (N-methyl/N-ethyl adjacent to an activating group) is 1. The van der Waals surface area contributed by atoms with E-state index in [1.54, 1.807) is 30.3 Å². The summed E-state index contributed by atoms with van der Waals surface area (Å²) in [5, 5.41) is 3.70. The normalized spacial score (nSPS) is 11.5. The van der Waals surface area contributed by atoms with Gasteiger partial charge in [0.25, 0.3) is 5.91 Å². The van der Waals surface area contributed by atoms with Crippen molar-refractivity contribution in [3.8, 4) is 5.75 Å². The molecule has 0 aliphatic carbocycles. The van der Waals surface area contributed by atoms with Crippen molar-refractivity contribution < 1.29 is 14.3 Å². The van der Waals surface area contributed by atoms with E-state index >= 15 is 0 Å². The van der Waals surface area contributed by atoms with Gasteiger partial charge in [0.1, 0.15) is 11.8 Å². The number of halogens is 3. The van der Waals surface area contributed by atoms with Gasteiger partial charge in [-0.2, -0.15) is 0 Å². The Hall–Kier alpha value is -2.54. The number of rotatable bonds is 10. The van der Waals surface area contributed by atoms with Gasteiger partial charge in [0.05, 0.1) is 0 Å². The van der Waals surface area contributed by atoms with Crippen LogP contribution in [0, 0.1) is 0 Å². The van der Waals surface area contributed by atoms with Crippen molar-refractivity contribution in [3.05, 3.63) is 98.4 Å². The maximum atomic E-state index is 13.5. The smallest absolute Gasteiger partial charge is 0.261 e. The van der Waals surface area contributed by atoms with Crippen molar-refractivity contribution in [1.29, 1.82) is 0 Å². The van der Waals surface area contributed by atoms with Crippen molar-refractivity contribution >= 4 is 50.9 Å². The molecule has 1 N–H and O–H groups in total. The number of carbonyl (C=O) groups is 2. The molecule has 2 amide bonds. The van der Waals surface area contributed by atoms with Crippen molar-refractivity contribution in [2.24, 2.45) is 0 Å². The van der Waals surface area contributed by atoms with E-state index in [-0.39, 0.29) is 25.0 Å². The monoisotopic (exact) mass is 562 g/mol. The highest BCUT2D eigenvalue weighted by Crippen LogP contribution is 2.27. The molecule has 178 valence electrons. The highest BCUT2D eigenvalue weighted by atomic mass is 79.9. The van der Waals surface area contributed by atoms with Crippen LogP contribution in [0.3, 0.4) is 0 Å². The average molecular weight is 564 g/mol. The van der Waals surface area contributed by atoms with Gasteiger partial charge in [-0.3, -0.25) is 9.59 Å². The first-order valence-corrected chi connectivity index (χ1v) is 12.4. The van der Waals surface area contributed by atoms with Gasteiger partial charge in [0, 0.05) is 39.6 Å². The largest absolute Gasteiger partial charge is 0.484 e. The number of hydrogen-bond acceptors (Lipinski definition) is 3. The highest BCUT2D eigenvalue weighted by molar-refractivity contribution is 9.10. The Kier molecular flexibility index (Phi) is 9.81. The maximum absolute atomic E-state index is 13.5. The fraction of sp³-hybridized carbons (Fsp3) is 0.231. The molecule has 3 aromatic rings. The van der Waals surface area contributed by atoms with Crippen molar-refractivity contribution in [2.45, 2.75) is 25.9 Å².